The SMILES string of the molecule is NCC1CCCN1Cc1ccccc1C1CC1. The molecule has 2 aliphatic rings. The highest BCUT2D eigenvalue weighted by molar-refractivity contribution is 5.33. The summed E-state index contributed by atoms with van der Waals surface area (Å²) < 4.78 is 0. The number of hydrogen-bond donors (Lipinski definition) is 1. The van der Waals surface area contributed by atoms with E-state index in [9.17, 15) is 0 Å². The lowest BCUT2D eigenvalue weighted by atomic mass is 10.0. The van der Waals surface area contributed by atoms with Gasteiger partial charge in [0.05, 0.1) is 0 Å². The first kappa shape index (κ1) is 11.2. The molecular formula is C15H22N2. The Morgan fingerprint density at radius 1 is 1.18 bits per heavy atom. The van der Waals surface area contributed by atoms with E-state index < -0.39 is 0 Å². The Morgan fingerprint density at radius 2 is 2.00 bits per heavy atom. The second-order valence-electron chi connectivity index (χ2n) is 5.48. The number of benzene rings is 1. The van der Waals surface area contributed by atoms with Gasteiger partial charge in [-0.25, -0.2) is 0 Å². The standard InChI is InChI=1S/C15H22N2/c16-10-14-5-3-9-17(14)11-13-4-1-2-6-15(13)12-7-8-12/h1-2,4,6,12,14H,3,5,7-11,16H2. The second kappa shape index (κ2) is 4.79. The monoisotopic (exact) mass is 230 g/mol. The van der Waals surface area contributed by atoms with Gasteiger partial charge in [0.15, 0.2) is 0 Å². The summed E-state index contributed by atoms with van der Waals surface area (Å²) in [5, 5.41) is 0. The zero-order valence-corrected chi connectivity index (χ0v) is 10.4. The van der Waals surface area contributed by atoms with Crippen LogP contribution in [0.2, 0.25) is 0 Å². The van der Waals surface area contributed by atoms with Crippen LogP contribution in [0, 0.1) is 0 Å². The molecule has 0 aromatic heterocycles. The minimum atomic E-state index is 0.613. The molecule has 0 amide bonds. The molecule has 2 heteroatoms. The maximum Gasteiger partial charge on any atom is 0.0240 e. The quantitative estimate of drug-likeness (QED) is 0.861. The van der Waals surface area contributed by atoms with Crippen molar-refractivity contribution in [2.45, 2.75) is 44.2 Å². The molecule has 1 aliphatic heterocycles. The van der Waals surface area contributed by atoms with Gasteiger partial charge in [-0.3, -0.25) is 4.90 Å². The van der Waals surface area contributed by atoms with Gasteiger partial charge in [0.1, 0.15) is 0 Å². The number of rotatable bonds is 4. The van der Waals surface area contributed by atoms with Crippen LogP contribution in [0.15, 0.2) is 24.3 Å². The van der Waals surface area contributed by atoms with Gasteiger partial charge in [-0.05, 0) is 49.3 Å². The van der Waals surface area contributed by atoms with E-state index in [-0.39, 0.29) is 0 Å². The molecule has 2 nitrogen and oxygen atoms in total. The molecule has 3 rings (SSSR count). The minimum absolute atomic E-state index is 0.613. The van der Waals surface area contributed by atoms with E-state index in [1.54, 1.807) is 5.56 Å². The van der Waals surface area contributed by atoms with Gasteiger partial charge in [0.25, 0.3) is 0 Å². The number of nitrogens with zero attached hydrogens (tertiary/aromatic N) is 1. The zero-order chi connectivity index (χ0) is 11.7. The molecule has 0 radical (unpaired) electrons. The van der Waals surface area contributed by atoms with E-state index in [0.29, 0.717) is 6.04 Å². The third kappa shape index (κ3) is 2.38. The first-order valence-corrected chi connectivity index (χ1v) is 6.90. The average molecular weight is 230 g/mol. The first-order valence-electron chi connectivity index (χ1n) is 6.90. The fraction of sp³-hybridized carbons (Fsp3) is 0.600. The van der Waals surface area contributed by atoms with Crippen LogP contribution in [-0.2, 0) is 6.54 Å². The average Bonchev–Trinajstić information content (AvgIpc) is 3.11. The maximum absolute atomic E-state index is 5.85. The third-order valence-corrected chi connectivity index (χ3v) is 4.22. The molecule has 92 valence electrons. The molecule has 1 aromatic rings. The highest BCUT2D eigenvalue weighted by atomic mass is 15.2. The molecule has 2 N–H and O–H groups in total. The van der Waals surface area contributed by atoms with E-state index in [2.05, 4.69) is 29.2 Å². The summed E-state index contributed by atoms with van der Waals surface area (Å²) in [6, 6.07) is 9.60. The first-order chi connectivity index (χ1) is 8.38. The Hall–Kier alpha value is -0.860. The molecule has 1 unspecified atom stereocenters. The van der Waals surface area contributed by atoms with Crippen LogP contribution in [0.25, 0.3) is 0 Å². The lowest BCUT2D eigenvalue weighted by molar-refractivity contribution is 0.249. The number of likely N-dealkylation sites (tertiary alicyclic amines) is 1. The number of hydrogen-bond acceptors (Lipinski definition) is 2. The minimum Gasteiger partial charge on any atom is -0.329 e. The van der Waals surface area contributed by atoms with Crippen molar-refractivity contribution in [2.75, 3.05) is 13.1 Å². The van der Waals surface area contributed by atoms with Crippen molar-refractivity contribution in [3.05, 3.63) is 35.4 Å². The summed E-state index contributed by atoms with van der Waals surface area (Å²) >= 11 is 0. The van der Waals surface area contributed by atoms with Gasteiger partial charge >= 0.3 is 0 Å². The summed E-state index contributed by atoms with van der Waals surface area (Å²) in [7, 11) is 0. The van der Waals surface area contributed by atoms with E-state index >= 15 is 0 Å². The lowest BCUT2D eigenvalue weighted by Gasteiger charge is -2.24. The fourth-order valence-electron chi connectivity index (χ4n) is 3.06. The Balaban J connectivity index is 1.75. The van der Waals surface area contributed by atoms with E-state index in [4.69, 9.17) is 5.73 Å². The van der Waals surface area contributed by atoms with Crippen molar-refractivity contribution in [2.24, 2.45) is 5.73 Å². The summed E-state index contributed by atoms with van der Waals surface area (Å²) in [6.07, 6.45) is 5.37. The lowest BCUT2D eigenvalue weighted by Crippen LogP contribution is -2.35. The van der Waals surface area contributed by atoms with E-state index in [1.165, 1.54) is 37.8 Å². The van der Waals surface area contributed by atoms with Crippen molar-refractivity contribution in [3.63, 3.8) is 0 Å². The molecule has 1 saturated carbocycles. The van der Waals surface area contributed by atoms with Crippen LogP contribution >= 0.6 is 0 Å². The number of nitrogens with two attached hydrogens (primary N) is 1. The molecule has 1 heterocycles. The third-order valence-electron chi connectivity index (χ3n) is 4.22. The topological polar surface area (TPSA) is 29.3 Å². The smallest absolute Gasteiger partial charge is 0.0240 e. The molecule has 0 spiro atoms. The van der Waals surface area contributed by atoms with Crippen LogP contribution in [0.4, 0.5) is 0 Å². The fourth-order valence-corrected chi connectivity index (χ4v) is 3.06. The highest BCUT2D eigenvalue weighted by Gasteiger charge is 2.28. The van der Waals surface area contributed by atoms with Crippen molar-refractivity contribution >= 4 is 0 Å². The predicted molar refractivity (Wildman–Crippen MR) is 70.9 cm³/mol. The summed E-state index contributed by atoms with van der Waals surface area (Å²) in [5.41, 5.74) is 8.98. The van der Waals surface area contributed by atoms with Gasteiger partial charge in [0, 0.05) is 19.1 Å². The van der Waals surface area contributed by atoms with E-state index in [1.807, 2.05) is 0 Å². The largest absolute Gasteiger partial charge is 0.329 e. The van der Waals surface area contributed by atoms with Crippen molar-refractivity contribution in [1.82, 2.24) is 4.90 Å². The molecule has 1 saturated heterocycles. The van der Waals surface area contributed by atoms with Crippen molar-refractivity contribution in [3.8, 4) is 0 Å². The van der Waals surface area contributed by atoms with Crippen molar-refractivity contribution < 1.29 is 0 Å². The Labute approximate surface area is 104 Å². The van der Waals surface area contributed by atoms with Gasteiger partial charge in [-0.2, -0.15) is 0 Å². The van der Waals surface area contributed by atoms with Gasteiger partial charge in [-0.1, -0.05) is 24.3 Å². The van der Waals surface area contributed by atoms with Gasteiger partial charge in [-0.15, -0.1) is 0 Å². The van der Waals surface area contributed by atoms with Crippen molar-refractivity contribution in [1.29, 1.82) is 0 Å². The maximum atomic E-state index is 5.85. The zero-order valence-electron chi connectivity index (χ0n) is 10.4. The molecular weight excluding hydrogens is 208 g/mol. The van der Waals surface area contributed by atoms with Crippen LogP contribution < -0.4 is 5.73 Å². The molecule has 2 fully saturated rings. The highest BCUT2D eigenvalue weighted by Crippen LogP contribution is 2.42. The normalized spacial score (nSPS) is 25.4. The van der Waals surface area contributed by atoms with Crippen LogP contribution in [-0.4, -0.2) is 24.0 Å². The van der Waals surface area contributed by atoms with Gasteiger partial charge in [0.2, 0.25) is 0 Å². The summed E-state index contributed by atoms with van der Waals surface area (Å²) in [4.78, 5) is 2.57. The Bertz CT molecular complexity index is 384. The van der Waals surface area contributed by atoms with Crippen LogP contribution in [0.3, 0.4) is 0 Å². The van der Waals surface area contributed by atoms with Crippen LogP contribution in [0.1, 0.15) is 42.7 Å². The molecule has 1 atom stereocenters. The molecule has 1 aromatic carbocycles. The van der Waals surface area contributed by atoms with E-state index in [0.717, 1.165) is 19.0 Å². The molecule has 1 aliphatic carbocycles. The molecule has 17 heavy (non-hydrogen) atoms. The van der Waals surface area contributed by atoms with Crippen LogP contribution in [0.5, 0.6) is 0 Å². The summed E-state index contributed by atoms with van der Waals surface area (Å²) in [6.45, 7) is 3.14. The Kier molecular flexibility index (Phi) is 3.17. The van der Waals surface area contributed by atoms with Gasteiger partial charge < -0.3 is 5.73 Å². The predicted octanol–water partition coefficient (Wildman–Crippen LogP) is 2.49. The second-order valence-corrected chi connectivity index (χ2v) is 5.48. The molecule has 0 bridgehead atoms. The Morgan fingerprint density at radius 3 is 2.76 bits per heavy atom. The summed E-state index contributed by atoms with van der Waals surface area (Å²) in [5.74, 6) is 0.852.